The quantitative estimate of drug-likeness (QED) is 0.637. The number of primary amides is 1. The molecule has 1 aliphatic heterocycles. The maximum absolute atomic E-state index is 12.0. The molecule has 8 nitrogen and oxygen atoms in total. The maximum atomic E-state index is 12.0. The Morgan fingerprint density at radius 2 is 2.10 bits per heavy atom. The van der Waals surface area contributed by atoms with Gasteiger partial charge in [0.1, 0.15) is 11.9 Å². The minimum absolute atomic E-state index is 0.120. The van der Waals surface area contributed by atoms with Gasteiger partial charge in [-0.25, -0.2) is 4.98 Å². The van der Waals surface area contributed by atoms with E-state index in [9.17, 15) is 4.79 Å². The van der Waals surface area contributed by atoms with Crippen LogP contribution in [-0.2, 0) is 6.42 Å². The Balaban J connectivity index is 1.51. The highest BCUT2D eigenvalue weighted by atomic mass is 16.1. The molecule has 0 bridgehead atoms. The molecular formula is C23H23N7O. The van der Waals surface area contributed by atoms with Crippen molar-refractivity contribution in [3.8, 4) is 6.07 Å². The van der Waals surface area contributed by atoms with Crippen LogP contribution in [0.5, 0.6) is 0 Å². The van der Waals surface area contributed by atoms with E-state index in [0.717, 1.165) is 43.1 Å². The summed E-state index contributed by atoms with van der Waals surface area (Å²) in [6.07, 6.45) is 7.39. The molecule has 0 aliphatic carbocycles. The van der Waals surface area contributed by atoms with Gasteiger partial charge < -0.3 is 16.0 Å². The molecule has 1 atom stereocenters. The van der Waals surface area contributed by atoms with Crippen molar-refractivity contribution < 1.29 is 4.79 Å². The van der Waals surface area contributed by atoms with Crippen LogP contribution in [0.4, 0.5) is 11.5 Å². The zero-order valence-corrected chi connectivity index (χ0v) is 17.0. The monoisotopic (exact) mass is 413 g/mol. The third-order valence-corrected chi connectivity index (χ3v) is 5.30. The molecule has 1 saturated heterocycles. The number of aromatic nitrogens is 3. The van der Waals surface area contributed by atoms with Crippen LogP contribution in [0.2, 0.25) is 0 Å². The van der Waals surface area contributed by atoms with Crippen molar-refractivity contribution in [3.63, 3.8) is 0 Å². The van der Waals surface area contributed by atoms with Gasteiger partial charge in [-0.3, -0.25) is 14.8 Å². The van der Waals surface area contributed by atoms with E-state index in [0.29, 0.717) is 23.2 Å². The number of nitrogens with zero attached hydrogens (tertiary/aromatic N) is 5. The Bertz CT molecular complexity index is 1090. The molecule has 4 heterocycles. The fourth-order valence-corrected chi connectivity index (χ4v) is 3.76. The summed E-state index contributed by atoms with van der Waals surface area (Å²) in [5.41, 5.74) is 8.91. The Morgan fingerprint density at radius 1 is 1.19 bits per heavy atom. The lowest BCUT2D eigenvalue weighted by molar-refractivity contribution is 0.100. The SMILES string of the molecule is N#Cc1ccc(N2CCC[C@@H](Nc3cc(Cc4ccccn4)ncc3C(N)=O)C2)nc1. The highest BCUT2D eigenvalue weighted by Crippen LogP contribution is 2.23. The number of pyridine rings is 3. The maximum Gasteiger partial charge on any atom is 0.252 e. The fourth-order valence-electron chi connectivity index (χ4n) is 3.76. The largest absolute Gasteiger partial charge is 0.380 e. The van der Waals surface area contributed by atoms with Crippen LogP contribution in [0.3, 0.4) is 0 Å². The number of amides is 1. The van der Waals surface area contributed by atoms with E-state index < -0.39 is 5.91 Å². The number of nitrogens with one attached hydrogen (secondary N) is 1. The van der Waals surface area contributed by atoms with Gasteiger partial charge in [-0.1, -0.05) is 6.07 Å². The van der Waals surface area contributed by atoms with Gasteiger partial charge in [0.25, 0.3) is 5.91 Å². The number of nitriles is 1. The molecule has 0 spiro atoms. The molecule has 0 aromatic carbocycles. The first kappa shape index (κ1) is 20.3. The van der Waals surface area contributed by atoms with Crippen LogP contribution in [0, 0.1) is 11.3 Å². The molecule has 3 aromatic heterocycles. The van der Waals surface area contributed by atoms with Crippen molar-refractivity contribution >= 4 is 17.4 Å². The third kappa shape index (κ3) is 4.95. The van der Waals surface area contributed by atoms with Crippen molar-refractivity contribution in [2.24, 2.45) is 5.73 Å². The molecule has 31 heavy (non-hydrogen) atoms. The molecule has 3 N–H and O–H groups in total. The van der Waals surface area contributed by atoms with Gasteiger partial charge in [-0.05, 0) is 43.2 Å². The van der Waals surface area contributed by atoms with Crippen LogP contribution < -0.4 is 16.0 Å². The van der Waals surface area contributed by atoms with Gasteiger partial charge in [0, 0.05) is 55.5 Å². The molecule has 0 unspecified atom stereocenters. The lowest BCUT2D eigenvalue weighted by Crippen LogP contribution is -2.42. The number of hydrogen-bond acceptors (Lipinski definition) is 7. The zero-order chi connectivity index (χ0) is 21.6. The summed E-state index contributed by atoms with van der Waals surface area (Å²) in [6.45, 7) is 1.62. The number of anilines is 2. The second-order valence-electron chi connectivity index (χ2n) is 7.53. The first-order valence-corrected chi connectivity index (χ1v) is 10.2. The van der Waals surface area contributed by atoms with E-state index in [1.165, 1.54) is 6.20 Å². The minimum atomic E-state index is -0.513. The number of rotatable bonds is 6. The van der Waals surface area contributed by atoms with Crippen molar-refractivity contribution in [3.05, 3.63) is 77.5 Å². The Morgan fingerprint density at radius 3 is 2.81 bits per heavy atom. The topological polar surface area (TPSA) is 121 Å². The second kappa shape index (κ2) is 9.22. The Hall–Kier alpha value is -3.99. The molecule has 1 amide bonds. The van der Waals surface area contributed by atoms with Crippen molar-refractivity contribution in [1.29, 1.82) is 5.26 Å². The number of piperidine rings is 1. The smallest absolute Gasteiger partial charge is 0.252 e. The molecule has 156 valence electrons. The van der Waals surface area contributed by atoms with Gasteiger partial charge in [-0.2, -0.15) is 5.26 Å². The van der Waals surface area contributed by atoms with Gasteiger partial charge in [0.05, 0.1) is 16.8 Å². The highest BCUT2D eigenvalue weighted by molar-refractivity contribution is 5.98. The molecule has 0 saturated carbocycles. The van der Waals surface area contributed by atoms with Gasteiger partial charge in [0.2, 0.25) is 0 Å². The normalized spacial score (nSPS) is 15.8. The predicted octanol–water partition coefficient (Wildman–Crippen LogP) is 2.51. The highest BCUT2D eigenvalue weighted by Gasteiger charge is 2.22. The number of nitrogens with two attached hydrogens (primary N) is 1. The Labute approximate surface area is 180 Å². The molecule has 3 aromatic rings. The third-order valence-electron chi connectivity index (χ3n) is 5.30. The molecule has 1 fully saturated rings. The first-order chi connectivity index (χ1) is 15.1. The standard InChI is InChI=1S/C23H23N7O/c24-12-16-6-7-22(28-13-16)30-9-3-5-18(15-30)29-21-11-19(27-14-20(21)23(25)31)10-17-4-1-2-8-26-17/h1-2,4,6-8,11,13-14,18H,3,5,9-10,15H2,(H2,25,31)(H,27,29)/t18-/m1/s1. The van der Waals surface area contributed by atoms with Gasteiger partial charge in [0.15, 0.2) is 0 Å². The lowest BCUT2D eigenvalue weighted by Gasteiger charge is -2.34. The summed E-state index contributed by atoms with van der Waals surface area (Å²) in [6, 6.07) is 13.5. The van der Waals surface area contributed by atoms with Crippen LogP contribution in [-0.4, -0.2) is 40.0 Å². The van der Waals surface area contributed by atoms with E-state index in [4.69, 9.17) is 11.0 Å². The van der Waals surface area contributed by atoms with E-state index in [-0.39, 0.29) is 6.04 Å². The van der Waals surface area contributed by atoms with Crippen molar-refractivity contribution in [2.45, 2.75) is 25.3 Å². The van der Waals surface area contributed by atoms with Gasteiger partial charge in [-0.15, -0.1) is 0 Å². The van der Waals surface area contributed by atoms with E-state index in [1.807, 2.05) is 30.3 Å². The summed E-state index contributed by atoms with van der Waals surface area (Å²) in [5, 5.41) is 12.5. The summed E-state index contributed by atoms with van der Waals surface area (Å²) in [5.74, 6) is 0.326. The first-order valence-electron chi connectivity index (χ1n) is 10.2. The van der Waals surface area contributed by atoms with Crippen LogP contribution >= 0.6 is 0 Å². The van der Waals surface area contributed by atoms with Crippen molar-refractivity contribution in [1.82, 2.24) is 15.0 Å². The van der Waals surface area contributed by atoms with E-state index in [2.05, 4.69) is 31.2 Å². The summed E-state index contributed by atoms with van der Waals surface area (Å²) < 4.78 is 0. The second-order valence-corrected chi connectivity index (χ2v) is 7.53. The summed E-state index contributed by atoms with van der Waals surface area (Å²) in [7, 11) is 0. The molecule has 8 heteroatoms. The molecular weight excluding hydrogens is 390 g/mol. The zero-order valence-electron chi connectivity index (χ0n) is 17.0. The summed E-state index contributed by atoms with van der Waals surface area (Å²) in [4.78, 5) is 27.3. The van der Waals surface area contributed by atoms with Gasteiger partial charge >= 0.3 is 0 Å². The predicted molar refractivity (Wildman–Crippen MR) is 118 cm³/mol. The van der Waals surface area contributed by atoms with Crippen LogP contribution in [0.15, 0.2) is 55.0 Å². The average Bonchev–Trinajstić information content (AvgIpc) is 2.80. The average molecular weight is 413 g/mol. The fraction of sp³-hybridized carbons (Fsp3) is 0.261. The summed E-state index contributed by atoms with van der Waals surface area (Å²) >= 11 is 0. The van der Waals surface area contributed by atoms with E-state index >= 15 is 0 Å². The van der Waals surface area contributed by atoms with Crippen LogP contribution in [0.1, 0.15) is 40.2 Å². The number of carbonyl (C=O) groups excluding carboxylic acids is 1. The molecule has 1 aliphatic rings. The number of carbonyl (C=O) groups is 1. The minimum Gasteiger partial charge on any atom is -0.380 e. The molecule has 0 radical (unpaired) electrons. The lowest BCUT2D eigenvalue weighted by atomic mass is 10.0. The van der Waals surface area contributed by atoms with Crippen molar-refractivity contribution in [2.75, 3.05) is 23.3 Å². The Kier molecular flexibility index (Phi) is 6.03. The molecule has 4 rings (SSSR count). The van der Waals surface area contributed by atoms with Crippen LogP contribution in [0.25, 0.3) is 0 Å². The number of hydrogen-bond donors (Lipinski definition) is 2. The van der Waals surface area contributed by atoms with E-state index in [1.54, 1.807) is 18.5 Å².